The molecule has 1 heterocycles. The van der Waals surface area contributed by atoms with Crippen molar-refractivity contribution >= 4 is 17.3 Å². The number of ether oxygens (including phenoxy) is 1. The summed E-state index contributed by atoms with van der Waals surface area (Å²) in [6, 6.07) is 7.27. The fraction of sp³-hybridized carbons (Fsp3) is 0.333. The highest BCUT2D eigenvalue weighted by atomic mass is 32.1. The minimum absolute atomic E-state index is 0.286. The number of nitrogens with zero attached hydrogens (tertiary/aromatic N) is 2. The maximum atomic E-state index is 11.4. The summed E-state index contributed by atoms with van der Waals surface area (Å²) in [6.07, 6.45) is 0.744. The number of carboxylic acids is 1. The molecule has 1 aromatic heterocycles. The Morgan fingerprint density at radius 2 is 2.00 bits per heavy atom. The molecule has 0 amide bonds. The Morgan fingerprint density at radius 1 is 1.33 bits per heavy atom. The third kappa shape index (κ3) is 3.80. The van der Waals surface area contributed by atoms with Gasteiger partial charge in [-0.3, -0.25) is 0 Å². The van der Waals surface area contributed by atoms with Crippen LogP contribution in [-0.2, 0) is 6.42 Å². The van der Waals surface area contributed by atoms with Gasteiger partial charge >= 0.3 is 5.97 Å². The number of aromatic carboxylic acids is 1. The summed E-state index contributed by atoms with van der Waals surface area (Å²) >= 11 is 1.25. The Bertz CT molecular complexity index is 620. The van der Waals surface area contributed by atoms with E-state index in [4.69, 9.17) is 4.74 Å². The summed E-state index contributed by atoms with van der Waals surface area (Å²) in [5, 5.41) is 10.2. The van der Waals surface area contributed by atoms with Gasteiger partial charge in [0.15, 0.2) is 0 Å². The van der Waals surface area contributed by atoms with E-state index in [2.05, 4.69) is 9.88 Å². The third-order valence-corrected chi connectivity index (χ3v) is 4.11. The quantitative estimate of drug-likeness (QED) is 0.889. The molecular formula is C15H18N2O3S. The van der Waals surface area contributed by atoms with E-state index < -0.39 is 5.97 Å². The molecule has 0 aliphatic heterocycles. The molecule has 5 nitrogen and oxygen atoms in total. The number of carboxylic acid groups (broad SMARTS) is 1. The lowest BCUT2D eigenvalue weighted by Gasteiger charge is -2.06. The van der Waals surface area contributed by atoms with E-state index in [0.717, 1.165) is 29.3 Å². The van der Waals surface area contributed by atoms with Gasteiger partial charge in [0.25, 0.3) is 0 Å². The van der Waals surface area contributed by atoms with Gasteiger partial charge in [-0.2, -0.15) is 0 Å². The van der Waals surface area contributed by atoms with E-state index in [0.29, 0.717) is 5.69 Å². The number of carbonyl (C=O) groups is 1. The minimum Gasteiger partial charge on any atom is -0.497 e. The number of hydrogen-bond donors (Lipinski definition) is 1. The van der Waals surface area contributed by atoms with Gasteiger partial charge in [0.2, 0.25) is 0 Å². The van der Waals surface area contributed by atoms with Gasteiger partial charge in [0, 0.05) is 18.5 Å². The lowest BCUT2D eigenvalue weighted by Crippen LogP contribution is -2.14. The second-order valence-corrected chi connectivity index (χ2v) is 5.96. The Kier molecular flexibility index (Phi) is 4.93. The molecule has 6 heteroatoms. The van der Waals surface area contributed by atoms with Crippen molar-refractivity contribution < 1.29 is 14.6 Å². The molecule has 0 radical (unpaired) electrons. The fourth-order valence-electron chi connectivity index (χ4n) is 1.88. The first-order valence-electron chi connectivity index (χ1n) is 6.53. The molecule has 0 saturated carbocycles. The van der Waals surface area contributed by atoms with Crippen LogP contribution in [-0.4, -0.2) is 48.7 Å². The van der Waals surface area contributed by atoms with E-state index in [-0.39, 0.29) is 4.88 Å². The maximum absolute atomic E-state index is 11.4. The summed E-state index contributed by atoms with van der Waals surface area (Å²) in [5.41, 5.74) is 1.32. The zero-order valence-electron chi connectivity index (χ0n) is 12.3. The van der Waals surface area contributed by atoms with Gasteiger partial charge < -0.3 is 14.7 Å². The van der Waals surface area contributed by atoms with Gasteiger partial charge in [-0.1, -0.05) is 0 Å². The topological polar surface area (TPSA) is 62.7 Å². The van der Waals surface area contributed by atoms with Gasteiger partial charge in [0.1, 0.15) is 10.6 Å². The van der Waals surface area contributed by atoms with Crippen LogP contribution in [0.15, 0.2) is 24.3 Å². The molecule has 0 aliphatic rings. The van der Waals surface area contributed by atoms with E-state index in [1.807, 2.05) is 26.2 Å². The van der Waals surface area contributed by atoms with Crippen LogP contribution in [0.3, 0.4) is 0 Å². The predicted molar refractivity (Wildman–Crippen MR) is 83.3 cm³/mol. The van der Waals surface area contributed by atoms with Crippen LogP contribution < -0.4 is 4.74 Å². The molecule has 0 saturated heterocycles. The second-order valence-electron chi connectivity index (χ2n) is 4.87. The van der Waals surface area contributed by atoms with Crippen LogP contribution >= 0.6 is 11.3 Å². The highest BCUT2D eigenvalue weighted by molar-refractivity contribution is 7.14. The van der Waals surface area contributed by atoms with Crippen molar-refractivity contribution in [2.75, 3.05) is 27.7 Å². The number of aromatic nitrogens is 1. The highest BCUT2D eigenvalue weighted by Crippen LogP contribution is 2.29. The molecule has 0 bridgehead atoms. The average molecular weight is 306 g/mol. The van der Waals surface area contributed by atoms with Crippen LogP contribution in [0, 0.1) is 0 Å². The standard InChI is InChI=1S/C15H18N2O3S/c1-17(2)9-8-12-16-13(14(21-12)15(18)19)10-4-6-11(20-3)7-5-10/h4-7H,8-9H2,1-3H3,(H,18,19). The first kappa shape index (κ1) is 15.5. The van der Waals surface area contributed by atoms with Crippen molar-refractivity contribution in [1.82, 2.24) is 9.88 Å². The molecule has 0 aliphatic carbocycles. The average Bonchev–Trinajstić information content (AvgIpc) is 2.89. The van der Waals surface area contributed by atoms with E-state index >= 15 is 0 Å². The Labute approximate surface area is 127 Å². The van der Waals surface area contributed by atoms with Crippen molar-refractivity contribution in [2.45, 2.75) is 6.42 Å². The normalized spacial score (nSPS) is 10.9. The van der Waals surface area contributed by atoms with Gasteiger partial charge in [-0.15, -0.1) is 11.3 Å². The lowest BCUT2D eigenvalue weighted by molar-refractivity contribution is 0.0702. The number of methoxy groups -OCH3 is 1. The summed E-state index contributed by atoms with van der Waals surface area (Å²) in [4.78, 5) is 18.2. The number of rotatable bonds is 6. The number of benzene rings is 1. The molecule has 1 N–H and O–H groups in total. The lowest BCUT2D eigenvalue weighted by atomic mass is 10.1. The maximum Gasteiger partial charge on any atom is 0.348 e. The first-order valence-corrected chi connectivity index (χ1v) is 7.35. The summed E-state index contributed by atoms with van der Waals surface area (Å²) in [6.45, 7) is 0.842. The molecule has 21 heavy (non-hydrogen) atoms. The third-order valence-electron chi connectivity index (χ3n) is 3.00. The Balaban J connectivity index is 2.33. The molecule has 0 spiro atoms. The van der Waals surface area contributed by atoms with E-state index in [1.54, 1.807) is 19.2 Å². The first-order chi connectivity index (χ1) is 10.0. The molecule has 2 rings (SSSR count). The summed E-state index contributed by atoms with van der Waals surface area (Å²) in [7, 11) is 5.56. The molecule has 0 atom stereocenters. The van der Waals surface area contributed by atoms with Crippen LogP contribution in [0.2, 0.25) is 0 Å². The molecule has 112 valence electrons. The zero-order chi connectivity index (χ0) is 15.4. The van der Waals surface area contributed by atoms with E-state index in [1.165, 1.54) is 11.3 Å². The fourth-order valence-corrected chi connectivity index (χ4v) is 2.79. The summed E-state index contributed by atoms with van der Waals surface area (Å²) in [5.74, 6) is -0.201. The molecule has 1 aromatic carbocycles. The van der Waals surface area contributed by atoms with Crippen molar-refractivity contribution in [3.63, 3.8) is 0 Å². The number of thiazole rings is 1. The Morgan fingerprint density at radius 3 is 2.52 bits per heavy atom. The van der Waals surface area contributed by atoms with Crippen LogP contribution in [0.4, 0.5) is 0 Å². The molecule has 0 unspecified atom stereocenters. The molecule has 2 aromatic rings. The van der Waals surface area contributed by atoms with Gasteiger partial charge in [0.05, 0.1) is 17.8 Å². The monoisotopic (exact) mass is 306 g/mol. The highest BCUT2D eigenvalue weighted by Gasteiger charge is 2.18. The number of hydrogen-bond acceptors (Lipinski definition) is 5. The molecule has 0 fully saturated rings. The van der Waals surface area contributed by atoms with Gasteiger partial charge in [-0.25, -0.2) is 9.78 Å². The van der Waals surface area contributed by atoms with Crippen molar-refractivity contribution in [2.24, 2.45) is 0 Å². The Hall–Kier alpha value is -1.92. The van der Waals surface area contributed by atoms with Crippen molar-refractivity contribution in [3.05, 3.63) is 34.2 Å². The smallest absolute Gasteiger partial charge is 0.348 e. The van der Waals surface area contributed by atoms with Crippen molar-refractivity contribution in [1.29, 1.82) is 0 Å². The summed E-state index contributed by atoms with van der Waals surface area (Å²) < 4.78 is 5.11. The second kappa shape index (κ2) is 6.69. The van der Waals surface area contributed by atoms with Crippen LogP contribution in [0.25, 0.3) is 11.3 Å². The van der Waals surface area contributed by atoms with Crippen LogP contribution in [0.5, 0.6) is 5.75 Å². The van der Waals surface area contributed by atoms with Gasteiger partial charge in [-0.05, 0) is 38.4 Å². The number of likely N-dealkylation sites (N-methyl/N-ethyl adjacent to an activating group) is 1. The van der Waals surface area contributed by atoms with Crippen LogP contribution in [0.1, 0.15) is 14.7 Å². The zero-order valence-corrected chi connectivity index (χ0v) is 13.1. The largest absolute Gasteiger partial charge is 0.497 e. The minimum atomic E-state index is -0.936. The van der Waals surface area contributed by atoms with Crippen molar-refractivity contribution in [3.8, 4) is 17.0 Å². The SMILES string of the molecule is COc1ccc(-c2nc(CCN(C)C)sc2C(=O)O)cc1. The molecular weight excluding hydrogens is 288 g/mol. The predicted octanol–water partition coefficient (Wildman–Crippen LogP) is 2.62. The van der Waals surface area contributed by atoms with E-state index in [9.17, 15) is 9.90 Å².